The summed E-state index contributed by atoms with van der Waals surface area (Å²) in [6, 6.07) is 1.59. The van der Waals surface area contributed by atoms with E-state index in [1.165, 1.54) is 12.0 Å². The van der Waals surface area contributed by atoms with E-state index in [-0.39, 0.29) is 11.9 Å². The second-order valence-electron chi connectivity index (χ2n) is 6.13. The third-order valence-corrected chi connectivity index (χ3v) is 5.60. The highest BCUT2D eigenvalue weighted by Crippen LogP contribution is 2.40. The molecule has 4 nitrogen and oxygen atoms in total. The lowest BCUT2D eigenvalue weighted by molar-refractivity contribution is -0.149. The largest absolute Gasteiger partial charge is 0.480 e. The van der Waals surface area contributed by atoms with E-state index in [1.54, 1.807) is 16.2 Å². The fourth-order valence-corrected chi connectivity index (χ4v) is 4.56. The number of aryl methyl sites for hydroxylation is 1. The highest BCUT2D eigenvalue weighted by Gasteiger charge is 2.47. The molecule has 114 valence electrons. The number of likely N-dealkylation sites (tertiary alicyclic amines) is 1. The van der Waals surface area contributed by atoms with Gasteiger partial charge in [0.25, 0.3) is 0 Å². The number of nitrogens with zero attached hydrogens (tertiary/aromatic N) is 1. The number of carboxylic acid groups (broad SMARTS) is 1. The van der Waals surface area contributed by atoms with Gasteiger partial charge in [0.15, 0.2) is 0 Å². The van der Waals surface area contributed by atoms with Crippen LogP contribution < -0.4 is 0 Å². The zero-order chi connectivity index (χ0) is 14.8. The van der Waals surface area contributed by atoms with Crippen molar-refractivity contribution < 1.29 is 14.7 Å². The molecule has 5 heteroatoms. The highest BCUT2D eigenvalue weighted by atomic mass is 32.1. The first-order chi connectivity index (χ1) is 10.2. The molecule has 2 heterocycles. The first-order valence-corrected chi connectivity index (χ1v) is 8.66. The molecule has 3 atom stereocenters. The van der Waals surface area contributed by atoms with Crippen molar-refractivity contribution in [3.63, 3.8) is 0 Å². The van der Waals surface area contributed by atoms with Crippen LogP contribution in [-0.4, -0.2) is 34.0 Å². The van der Waals surface area contributed by atoms with Gasteiger partial charge < -0.3 is 10.0 Å². The molecule has 0 bridgehead atoms. The predicted molar refractivity (Wildman–Crippen MR) is 81.3 cm³/mol. The Bertz CT molecular complexity index is 514. The van der Waals surface area contributed by atoms with Crippen LogP contribution in [0.25, 0.3) is 0 Å². The van der Waals surface area contributed by atoms with E-state index in [1.807, 2.05) is 11.4 Å². The van der Waals surface area contributed by atoms with Crippen molar-refractivity contribution in [3.8, 4) is 0 Å². The molecule has 2 aliphatic rings. The van der Waals surface area contributed by atoms with Gasteiger partial charge in [0.2, 0.25) is 5.91 Å². The molecular weight excluding hydrogens is 286 g/mol. The molecule has 1 aromatic rings. The Morgan fingerprint density at radius 3 is 2.86 bits per heavy atom. The van der Waals surface area contributed by atoms with Crippen LogP contribution in [0.4, 0.5) is 0 Å². The van der Waals surface area contributed by atoms with Crippen LogP contribution in [0.3, 0.4) is 0 Å². The maximum atomic E-state index is 12.6. The average Bonchev–Trinajstić information content (AvgIpc) is 3.11. The van der Waals surface area contributed by atoms with Gasteiger partial charge in [-0.2, -0.15) is 11.3 Å². The average molecular weight is 307 g/mol. The molecule has 1 N–H and O–H groups in total. The van der Waals surface area contributed by atoms with E-state index in [9.17, 15) is 14.7 Å². The number of thiophene rings is 1. The summed E-state index contributed by atoms with van der Waals surface area (Å²) in [5.41, 5.74) is 1.17. The van der Waals surface area contributed by atoms with E-state index < -0.39 is 12.0 Å². The van der Waals surface area contributed by atoms with Crippen LogP contribution >= 0.6 is 11.3 Å². The molecule has 1 amide bonds. The van der Waals surface area contributed by atoms with Crippen molar-refractivity contribution in [3.05, 3.63) is 22.4 Å². The fraction of sp³-hybridized carbons (Fsp3) is 0.625. The minimum atomic E-state index is -0.840. The van der Waals surface area contributed by atoms with E-state index in [2.05, 4.69) is 5.38 Å². The van der Waals surface area contributed by atoms with Gasteiger partial charge in [0.1, 0.15) is 6.04 Å². The number of aliphatic carboxylic acids is 1. The van der Waals surface area contributed by atoms with E-state index in [0.717, 1.165) is 19.3 Å². The number of carbonyl (C=O) groups is 2. The van der Waals surface area contributed by atoms with Crippen molar-refractivity contribution in [2.24, 2.45) is 5.92 Å². The lowest BCUT2D eigenvalue weighted by Gasteiger charge is -2.33. The molecule has 1 aliphatic heterocycles. The summed E-state index contributed by atoms with van der Waals surface area (Å²) in [6.07, 6.45) is 6.10. The molecule has 21 heavy (non-hydrogen) atoms. The van der Waals surface area contributed by atoms with Crippen molar-refractivity contribution in [2.75, 3.05) is 0 Å². The number of fused-ring (bicyclic) bond motifs is 1. The Hall–Kier alpha value is -1.36. The first-order valence-electron chi connectivity index (χ1n) is 7.72. The minimum absolute atomic E-state index is 0.0167. The number of hydrogen-bond acceptors (Lipinski definition) is 3. The Balaban J connectivity index is 1.70. The molecule has 1 saturated heterocycles. The van der Waals surface area contributed by atoms with Gasteiger partial charge in [-0.05, 0) is 54.0 Å². The topological polar surface area (TPSA) is 57.6 Å². The van der Waals surface area contributed by atoms with E-state index in [0.29, 0.717) is 25.2 Å². The van der Waals surface area contributed by atoms with Gasteiger partial charge in [0, 0.05) is 12.5 Å². The molecule has 1 saturated carbocycles. The highest BCUT2D eigenvalue weighted by molar-refractivity contribution is 7.07. The molecule has 1 aliphatic carbocycles. The summed E-state index contributed by atoms with van der Waals surface area (Å²) in [5, 5.41) is 13.5. The zero-order valence-corrected chi connectivity index (χ0v) is 12.8. The number of hydrogen-bond donors (Lipinski definition) is 1. The molecule has 3 rings (SSSR count). The van der Waals surface area contributed by atoms with Gasteiger partial charge in [-0.1, -0.05) is 12.8 Å². The standard InChI is InChI=1S/C16H21NO3S/c18-15(6-5-11-7-8-21-10-11)17-13-4-2-1-3-12(13)9-14(17)16(19)20/h7-8,10,12-14H,1-6,9H2,(H,19,20)/t12-,13+,14+/m1/s1. The maximum Gasteiger partial charge on any atom is 0.326 e. The number of carbonyl (C=O) groups excluding carboxylic acids is 1. The predicted octanol–water partition coefficient (Wildman–Crippen LogP) is 2.93. The molecule has 2 fully saturated rings. The number of carboxylic acids is 1. The van der Waals surface area contributed by atoms with Crippen molar-refractivity contribution in [1.82, 2.24) is 4.90 Å². The number of rotatable bonds is 4. The summed E-state index contributed by atoms with van der Waals surface area (Å²) in [4.78, 5) is 25.8. The van der Waals surface area contributed by atoms with E-state index in [4.69, 9.17) is 0 Å². The Labute approximate surface area is 128 Å². The van der Waals surface area contributed by atoms with Crippen molar-refractivity contribution in [1.29, 1.82) is 0 Å². The summed E-state index contributed by atoms with van der Waals surface area (Å²) in [7, 11) is 0. The smallest absolute Gasteiger partial charge is 0.326 e. The molecular formula is C16H21NO3S. The van der Waals surface area contributed by atoms with Crippen LogP contribution in [0.1, 0.15) is 44.1 Å². The molecule has 0 unspecified atom stereocenters. The maximum absolute atomic E-state index is 12.6. The second kappa shape index (κ2) is 6.18. The minimum Gasteiger partial charge on any atom is -0.480 e. The van der Waals surface area contributed by atoms with E-state index >= 15 is 0 Å². The van der Waals surface area contributed by atoms with Crippen LogP contribution in [0.15, 0.2) is 16.8 Å². The lowest BCUT2D eigenvalue weighted by Crippen LogP contribution is -2.46. The first kappa shape index (κ1) is 14.6. The van der Waals surface area contributed by atoms with Gasteiger partial charge in [-0.25, -0.2) is 4.79 Å². The number of amides is 1. The normalized spacial score (nSPS) is 28.4. The molecule has 0 spiro atoms. The van der Waals surface area contributed by atoms with Gasteiger partial charge >= 0.3 is 5.97 Å². The summed E-state index contributed by atoms with van der Waals surface area (Å²) >= 11 is 1.63. The summed E-state index contributed by atoms with van der Waals surface area (Å²) in [5.74, 6) is -0.429. The van der Waals surface area contributed by atoms with Gasteiger partial charge in [-0.3, -0.25) is 4.79 Å². The quantitative estimate of drug-likeness (QED) is 0.930. The third kappa shape index (κ3) is 2.98. The van der Waals surface area contributed by atoms with Crippen molar-refractivity contribution >= 4 is 23.2 Å². The summed E-state index contributed by atoms with van der Waals surface area (Å²) in [6.45, 7) is 0. The molecule has 1 aromatic heterocycles. The van der Waals surface area contributed by atoms with Gasteiger partial charge in [-0.15, -0.1) is 0 Å². The Morgan fingerprint density at radius 1 is 1.33 bits per heavy atom. The lowest BCUT2D eigenvalue weighted by atomic mass is 9.84. The molecule has 0 radical (unpaired) electrons. The van der Waals surface area contributed by atoms with Crippen molar-refractivity contribution in [2.45, 2.75) is 57.0 Å². The Morgan fingerprint density at radius 2 is 2.14 bits per heavy atom. The zero-order valence-electron chi connectivity index (χ0n) is 12.0. The van der Waals surface area contributed by atoms with Crippen LogP contribution in [0.2, 0.25) is 0 Å². The third-order valence-electron chi connectivity index (χ3n) is 4.87. The van der Waals surface area contributed by atoms with Crippen LogP contribution in [0, 0.1) is 5.92 Å². The fourth-order valence-electron chi connectivity index (χ4n) is 3.85. The van der Waals surface area contributed by atoms with Gasteiger partial charge in [0.05, 0.1) is 0 Å². The Kier molecular flexibility index (Phi) is 4.29. The molecule has 0 aromatic carbocycles. The SMILES string of the molecule is O=C(O)[C@@H]1C[C@H]2CCCC[C@@H]2N1C(=O)CCc1ccsc1. The second-order valence-corrected chi connectivity index (χ2v) is 6.91. The monoisotopic (exact) mass is 307 g/mol. The van der Waals surface area contributed by atoms with Crippen LogP contribution in [0.5, 0.6) is 0 Å². The van der Waals surface area contributed by atoms with Crippen LogP contribution in [-0.2, 0) is 16.0 Å². The summed E-state index contributed by atoms with van der Waals surface area (Å²) < 4.78 is 0.